The predicted octanol–water partition coefficient (Wildman–Crippen LogP) is 18.4. The number of hydrogen-bond donors (Lipinski definition) is 0. The molecule has 0 saturated heterocycles. The molecule has 0 heterocycles. The molecule has 0 radical (unpaired) electrons. The van der Waals surface area contributed by atoms with E-state index >= 15 is 0 Å². The second-order valence-corrected chi connectivity index (χ2v) is 20.6. The molecule has 75 heavy (non-hydrogen) atoms. The summed E-state index contributed by atoms with van der Waals surface area (Å²) in [6.07, 6.45) is 22.6. The molecular formula is C73H56N2. The molecule has 9 aromatic carbocycles. The van der Waals surface area contributed by atoms with Crippen molar-refractivity contribution >= 4 is 28.2 Å². The molecule has 0 N–H and O–H groups in total. The molecule has 1 spiro atoms. The van der Waals surface area contributed by atoms with Gasteiger partial charge in [0.25, 0.3) is 0 Å². The highest BCUT2D eigenvalue weighted by Gasteiger charge is 2.57. The molecule has 5 aliphatic rings. The highest BCUT2D eigenvalue weighted by atomic mass is 15.2. The lowest BCUT2D eigenvalue weighted by Crippen LogP contribution is -2.37. The van der Waals surface area contributed by atoms with E-state index in [4.69, 9.17) is 0 Å². The minimum Gasteiger partial charge on any atom is -0.338 e. The topological polar surface area (TPSA) is 6.48 Å². The molecule has 2 nitrogen and oxygen atoms in total. The van der Waals surface area contributed by atoms with Crippen LogP contribution in [0.25, 0.3) is 44.5 Å². The largest absolute Gasteiger partial charge is 0.338 e. The van der Waals surface area contributed by atoms with Gasteiger partial charge in [-0.05, 0) is 146 Å². The minimum absolute atomic E-state index is 0.112. The summed E-state index contributed by atoms with van der Waals surface area (Å²) in [6.45, 7) is 0. The number of benzene rings is 9. The first-order chi connectivity index (χ1) is 37.2. The third-order valence-corrected chi connectivity index (χ3v) is 16.6. The van der Waals surface area contributed by atoms with E-state index in [2.05, 4.69) is 295 Å². The second kappa shape index (κ2) is 18.8. The van der Waals surface area contributed by atoms with Crippen LogP contribution < -0.4 is 4.90 Å². The molecule has 5 aliphatic carbocycles. The highest BCUT2D eigenvalue weighted by molar-refractivity contribution is 5.90. The lowest BCUT2D eigenvalue weighted by molar-refractivity contribution is 0.346. The van der Waals surface area contributed by atoms with Gasteiger partial charge in [-0.1, -0.05) is 237 Å². The zero-order chi connectivity index (χ0) is 49.7. The molecular weight excluding hydrogens is 905 g/mol. The van der Waals surface area contributed by atoms with E-state index in [-0.39, 0.29) is 17.9 Å². The van der Waals surface area contributed by atoms with Crippen LogP contribution in [0.3, 0.4) is 0 Å². The predicted molar refractivity (Wildman–Crippen MR) is 313 cm³/mol. The van der Waals surface area contributed by atoms with Gasteiger partial charge in [-0.15, -0.1) is 0 Å². The van der Waals surface area contributed by atoms with Crippen LogP contribution >= 0.6 is 0 Å². The zero-order valence-corrected chi connectivity index (χ0v) is 41.9. The van der Waals surface area contributed by atoms with Gasteiger partial charge in [0, 0.05) is 40.3 Å². The van der Waals surface area contributed by atoms with Crippen LogP contribution in [0.4, 0.5) is 17.1 Å². The van der Waals surface area contributed by atoms with E-state index in [0.717, 1.165) is 36.3 Å². The van der Waals surface area contributed by atoms with Crippen LogP contribution in [0.1, 0.15) is 58.6 Å². The number of rotatable bonds is 10. The number of allylic oxidation sites excluding steroid dienone is 9. The van der Waals surface area contributed by atoms with Gasteiger partial charge in [0.15, 0.2) is 0 Å². The lowest BCUT2D eigenvalue weighted by atomic mass is 9.65. The Morgan fingerprint density at radius 2 is 0.960 bits per heavy atom. The average Bonchev–Trinajstić information content (AvgIpc) is 4.09. The Kier molecular flexibility index (Phi) is 11.2. The normalized spacial score (nSPS) is 19.7. The maximum atomic E-state index is 2.69. The monoisotopic (exact) mass is 960 g/mol. The van der Waals surface area contributed by atoms with Gasteiger partial charge in [0.1, 0.15) is 0 Å². The Hall–Kier alpha value is -8.98. The van der Waals surface area contributed by atoms with Crippen molar-refractivity contribution in [1.82, 2.24) is 4.90 Å². The van der Waals surface area contributed by atoms with Crippen LogP contribution in [0, 0.1) is 5.92 Å². The minimum atomic E-state index is -0.449. The second-order valence-electron chi connectivity index (χ2n) is 20.6. The third kappa shape index (κ3) is 7.71. The van der Waals surface area contributed by atoms with Crippen LogP contribution in [-0.2, 0) is 5.41 Å². The molecule has 0 fully saturated rings. The van der Waals surface area contributed by atoms with Gasteiger partial charge in [0.2, 0.25) is 0 Å². The van der Waals surface area contributed by atoms with E-state index in [1.807, 2.05) is 0 Å². The van der Waals surface area contributed by atoms with Gasteiger partial charge in [-0.25, -0.2) is 0 Å². The van der Waals surface area contributed by atoms with Crippen molar-refractivity contribution in [2.75, 3.05) is 4.90 Å². The summed E-state index contributed by atoms with van der Waals surface area (Å²) in [5, 5.41) is 0. The fourth-order valence-corrected chi connectivity index (χ4v) is 13.2. The molecule has 0 amide bonds. The Morgan fingerprint density at radius 3 is 1.57 bits per heavy atom. The van der Waals surface area contributed by atoms with Gasteiger partial charge < -0.3 is 9.80 Å². The van der Waals surface area contributed by atoms with Gasteiger partial charge in [-0.2, -0.15) is 0 Å². The molecule has 0 aromatic heterocycles. The summed E-state index contributed by atoms with van der Waals surface area (Å²) >= 11 is 0. The van der Waals surface area contributed by atoms with Crippen LogP contribution in [0.2, 0.25) is 0 Å². The summed E-state index contributed by atoms with van der Waals surface area (Å²) < 4.78 is 0. The summed E-state index contributed by atoms with van der Waals surface area (Å²) in [7, 11) is 0. The summed E-state index contributed by atoms with van der Waals surface area (Å²) in [5.74, 6) is 0.305. The van der Waals surface area contributed by atoms with Crippen LogP contribution in [-0.4, -0.2) is 10.9 Å². The van der Waals surface area contributed by atoms with E-state index in [1.54, 1.807) is 0 Å². The molecule has 0 saturated carbocycles. The standard InChI is InChI=1S/C73H56N2/c1-5-17-51(18-6-1)55-29-37-59(38-30-55)74(60-39-31-56(32-40-60)52-19-7-2-8-20-52)63-45-47-67-65-25-13-15-27-69(65)73(71(67)49-63)70-28-16-14-26-66(70)68-48-46-64(50-72(68)73)75(61-41-33-57(34-42-61)53-21-9-3-10-22-53)62-43-35-58(36-44-62)54-23-11-4-12-24-54/h1-35,37-41,43,45-50,61,68,72H,36,42,44H2. The molecule has 14 rings (SSSR count). The third-order valence-electron chi connectivity index (χ3n) is 16.6. The number of fused-ring (bicyclic) bond motifs is 10. The molecule has 4 unspecified atom stereocenters. The van der Waals surface area contributed by atoms with Crippen molar-refractivity contribution in [2.45, 2.75) is 36.6 Å². The van der Waals surface area contributed by atoms with Crippen molar-refractivity contribution in [3.8, 4) is 33.4 Å². The fraction of sp³-hybridized carbons (Fsp3) is 0.0959. The maximum Gasteiger partial charge on any atom is 0.0557 e. The van der Waals surface area contributed by atoms with Gasteiger partial charge in [-0.3, -0.25) is 0 Å². The zero-order valence-electron chi connectivity index (χ0n) is 41.9. The van der Waals surface area contributed by atoms with E-state index < -0.39 is 5.41 Å². The Balaban J connectivity index is 0.924. The molecule has 4 atom stereocenters. The summed E-state index contributed by atoms with van der Waals surface area (Å²) in [5.41, 5.74) is 23.9. The summed E-state index contributed by atoms with van der Waals surface area (Å²) in [6, 6.07) is 87.5. The number of hydrogen-bond acceptors (Lipinski definition) is 2. The van der Waals surface area contributed by atoms with Gasteiger partial charge in [0.05, 0.1) is 11.5 Å². The van der Waals surface area contributed by atoms with Crippen molar-refractivity contribution in [3.63, 3.8) is 0 Å². The Morgan fingerprint density at radius 1 is 0.413 bits per heavy atom. The first kappa shape index (κ1) is 44.7. The lowest BCUT2D eigenvalue weighted by Gasteiger charge is -2.41. The molecule has 0 aliphatic heterocycles. The molecule has 2 heteroatoms. The quantitative estimate of drug-likeness (QED) is 0.135. The van der Waals surface area contributed by atoms with E-state index in [9.17, 15) is 0 Å². The molecule has 358 valence electrons. The number of anilines is 3. The van der Waals surface area contributed by atoms with E-state index in [1.165, 1.54) is 89.3 Å². The Labute approximate surface area is 441 Å². The van der Waals surface area contributed by atoms with Gasteiger partial charge >= 0.3 is 0 Å². The molecule has 9 aromatic rings. The summed E-state index contributed by atoms with van der Waals surface area (Å²) in [4.78, 5) is 5.15. The smallest absolute Gasteiger partial charge is 0.0557 e. The van der Waals surface area contributed by atoms with Crippen molar-refractivity contribution in [2.24, 2.45) is 5.92 Å². The average molecular weight is 961 g/mol. The van der Waals surface area contributed by atoms with Crippen molar-refractivity contribution < 1.29 is 0 Å². The maximum absolute atomic E-state index is 2.69. The fourth-order valence-electron chi connectivity index (χ4n) is 13.2. The van der Waals surface area contributed by atoms with Crippen molar-refractivity contribution in [3.05, 3.63) is 330 Å². The van der Waals surface area contributed by atoms with Crippen molar-refractivity contribution in [1.29, 1.82) is 0 Å². The first-order valence-electron chi connectivity index (χ1n) is 26.7. The van der Waals surface area contributed by atoms with Crippen LogP contribution in [0.15, 0.2) is 297 Å². The SMILES string of the molecule is C1=CC(N(C2=CC3C(C=C2)c2ccccc2C32c3ccccc3-c3ccc(N(c4ccc(-c5ccccc5)cc4)c4ccc(-c5ccccc5)cc4)cc32)C2=CC=C(c3ccccc3)CC2)CC=C1c1ccccc1. The Bertz CT molecular complexity index is 3700. The van der Waals surface area contributed by atoms with Crippen LogP contribution in [0.5, 0.6) is 0 Å². The molecule has 0 bridgehead atoms. The highest BCUT2D eigenvalue weighted by Crippen LogP contribution is 2.66. The van der Waals surface area contributed by atoms with E-state index in [0.29, 0.717) is 0 Å². The number of nitrogens with zero attached hydrogens (tertiary/aromatic N) is 2. The first-order valence-corrected chi connectivity index (χ1v) is 26.7.